The summed E-state index contributed by atoms with van der Waals surface area (Å²) in [6.45, 7) is 3.13. The van der Waals surface area contributed by atoms with Gasteiger partial charge in [-0.1, -0.05) is 18.2 Å². The second-order valence-corrected chi connectivity index (χ2v) is 7.73. The molecule has 0 bridgehead atoms. The van der Waals surface area contributed by atoms with Gasteiger partial charge in [-0.25, -0.2) is 17.5 Å². The molecule has 0 amide bonds. The number of para-hydroxylation sites is 1. The summed E-state index contributed by atoms with van der Waals surface area (Å²) in [7, 11) is -2.35. The summed E-state index contributed by atoms with van der Waals surface area (Å²) in [5, 5.41) is 3.23. The van der Waals surface area contributed by atoms with Crippen LogP contribution in [0.15, 0.2) is 47.4 Å². The van der Waals surface area contributed by atoms with Gasteiger partial charge in [-0.05, 0) is 29.8 Å². The highest BCUT2D eigenvalue weighted by molar-refractivity contribution is 7.89. The second kappa shape index (κ2) is 8.03. The Balaban J connectivity index is 1.72. The Kier molecular flexibility index (Phi) is 5.75. The van der Waals surface area contributed by atoms with Crippen molar-refractivity contribution in [3.8, 4) is 5.75 Å². The standard InChI is InChI=1S/C18H22FN3O3S/c1-25-17-4-2-3-5-18(17)26(23,24)21-13-14-6-7-16(15(19)12-14)22-10-8-20-9-11-22/h2-7,12,20-21H,8-11,13H2,1H3. The number of nitrogens with zero attached hydrogens (tertiary/aromatic N) is 1. The first-order valence-corrected chi connectivity index (χ1v) is 9.86. The molecule has 2 N–H and O–H groups in total. The molecule has 6 nitrogen and oxygen atoms in total. The monoisotopic (exact) mass is 379 g/mol. The average Bonchev–Trinajstić information content (AvgIpc) is 2.67. The summed E-state index contributed by atoms with van der Waals surface area (Å²) in [4.78, 5) is 2.04. The van der Waals surface area contributed by atoms with E-state index in [1.54, 1.807) is 30.3 Å². The number of nitrogens with one attached hydrogen (secondary N) is 2. The molecule has 0 aliphatic carbocycles. The molecular weight excluding hydrogens is 357 g/mol. The third-order valence-electron chi connectivity index (χ3n) is 4.29. The fourth-order valence-electron chi connectivity index (χ4n) is 2.92. The zero-order valence-electron chi connectivity index (χ0n) is 14.5. The Morgan fingerprint density at radius 2 is 1.92 bits per heavy atom. The number of hydrogen-bond acceptors (Lipinski definition) is 5. The van der Waals surface area contributed by atoms with Gasteiger partial charge in [0.25, 0.3) is 0 Å². The first kappa shape index (κ1) is 18.6. The molecule has 0 spiro atoms. The third-order valence-corrected chi connectivity index (χ3v) is 5.74. The summed E-state index contributed by atoms with van der Waals surface area (Å²) in [6, 6.07) is 11.2. The van der Waals surface area contributed by atoms with Gasteiger partial charge < -0.3 is 15.0 Å². The van der Waals surface area contributed by atoms with Crippen molar-refractivity contribution in [1.29, 1.82) is 0 Å². The number of ether oxygens (including phenoxy) is 1. The molecule has 1 fully saturated rings. The summed E-state index contributed by atoms with van der Waals surface area (Å²) < 4.78 is 47.0. The van der Waals surface area contributed by atoms with Gasteiger partial charge in [0.15, 0.2) is 0 Å². The number of rotatable bonds is 6. The minimum absolute atomic E-state index is 0.000856. The fourth-order valence-corrected chi connectivity index (χ4v) is 4.11. The van der Waals surface area contributed by atoms with Gasteiger partial charge in [0.2, 0.25) is 10.0 Å². The van der Waals surface area contributed by atoms with Crippen LogP contribution in [0.4, 0.5) is 10.1 Å². The average molecular weight is 379 g/mol. The maximum Gasteiger partial charge on any atom is 0.244 e. The molecule has 3 rings (SSSR count). The molecule has 0 aromatic heterocycles. The van der Waals surface area contributed by atoms with Crippen molar-refractivity contribution >= 4 is 15.7 Å². The number of halogens is 1. The lowest BCUT2D eigenvalue weighted by Crippen LogP contribution is -2.43. The van der Waals surface area contributed by atoms with Crippen molar-refractivity contribution in [2.75, 3.05) is 38.2 Å². The molecule has 0 saturated carbocycles. The van der Waals surface area contributed by atoms with Crippen molar-refractivity contribution in [3.63, 3.8) is 0 Å². The maximum atomic E-state index is 14.4. The lowest BCUT2D eigenvalue weighted by molar-refractivity contribution is 0.402. The van der Waals surface area contributed by atoms with Crippen molar-refractivity contribution in [3.05, 3.63) is 53.8 Å². The van der Waals surface area contributed by atoms with Crippen molar-refractivity contribution in [1.82, 2.24) is 10.0 Å². The van der Waals surface area contributed by atoms with Gasteiger partial charge in [-0.15, -0.1) is 0 Å². The number of piperazine rings is 1. The van der Waals surface area contributed by atoms with Crippen LogP contribution < -0.4 is 19.7 Å². The number of anilines is 1. The zero-order valence-corrected chi connectivity index (χ0v) is 15.4. The molecule has 2 aromatic carbocycles. The predicted octanol–water partition coefficient (Wildman–Crippen LogP) is 1.72. The lowest BCUT2D eigenvalue weighted by atomic mass is 10.1. The Hall–Kier alpha value is -2.16. The van der Waals surface area contributed by atoms with Crippen LogP contribution in [0.2, 0.25) is 0 Å². The molecule has 0 atom stereocenters. The molecule has 1 aliphatic heterocycles. The predicted molar refractivity (Wildman–Crippen MR) is 98.5 cm³/mol. The summed E-state index contributed by atoms with van der Waals surface area (Å²) in [6.07, 6.45) is 0. The van der Waals surface area contributed by atoms with Gasteiger partial charge in [0.05, 0.1) is 12.8 Å². The quantitative estimate of drug-likeness (QED) is 0.800. The normalized spacial score (nSPS) is 15.1. The Morgan fingerprint density at radius 1 is 1.19 bits per heavy atom. The molecule has 1 heterocycles. The van der Waals surface area contributed by atoms with Crippen molar-refractivity contribution < 1.29 is 17.5 Å². The summed E-state index contributed by atoms with van der Waals surface area (Å²) in [5.74, 6) is -0.0823. The number of benzene rings is 2. The van der Waals surface area contributed by atoms with Crippen molar-refractivity contribution in [2.45, 2.75) is 11.4 Å². The van der Waals surface area contributed by atoms with Crippen LogP contribution in [-0.4, -0.2) is 41.7 Å². The first-order valence-electron chi connectivity index (χ1n) is 8.38. The SMILES string of the molecule is COc1ccccc1S(=O)(=O)NCc1ccc(N2CCNCC2)c(F)c1. The third kappa shape index (κ3) is 4.14. The summed E-state index contributed by atoms with van der Waals surface area (Å²) >= 11 is 0. The molecule has 140 valence electrons. The number of sulfonamides is 1. The molecule has 8 heteroatoms. The Morgan fingerprint density at radius 3 is 2.62 bits per heavy atom. The van der Waals surface area contributed by atoms with E-state index in [1.165, 1.54) is 19.2 Å². The van der Waals surface area contributed by atoms with Gasteiger partial charge in [-0.2, -0.15) is 0 Å². The van der Waals surface area contributed by atoms with Gasteiger partial charge in [-0.3, -0.25) is 0 Å². The van der Waals surface area contributed by atoms with Crippen molar-refractivity contribution in [2.24, 2.45) is 0 Å². The Labute approximate surface area is 153 Å². The molecule has 26 heavy (non-hydrogen) atoms. The number of hydrogen-bond donors (Lipinski definition) is 2. The molecule has 1 aliphatic rings. The van der Waals surface area contributed by atoms with E-state index in [-0.39, 0.29) is 23.0 Å². The minimum atomic E-state index is -3.76. The van der Waals surface area contributed by atoms with Gasteiger partial charge in [0, 0.05) is 32.7 Å². The van der Waals surface area contributed by atoms with E-state index in [2.05, 4.69) is 10.0 Å². The maximum absolute atomic E-state index is 14.4. The van der Waals surface area contributed by atoms with E-state index >= 15 is 0 Å². The van der Waals surface area contributed by atoms with E-state index < -0.39 is 10.0 Å². The fraction of sp³-hybridized carbons (Fsp3) is 0.333. The van der Waals surface area contributed by atoms with E-state index in [1.807, 2.05) is 4.90 Å². The smallest absolute Gasteiger partial charge is 0.244 e. The number of methoxy groups -OCH3 is 1. The largest absolute Gasteiger partial charge is 0.495 e. The Bertz CT molecular complexity index is 868. The zero-order chi connectivity index (χ0) is 18.6. The van der Waals surface area contributed by atoms with Crippen LogP contribution in [-0.2, 0) is 16.6 Å². The van der Waals surface area contributed by atoms with Crippen LogP contribution in [0.25, 0.3) is 0 Å². The lowest BCUT2D eigenvalue weighted by Gasteiger charge is -2.29. The van der Waals surface area contributed by atoms with E-state index in [0.717, 1.165) is 26.2 Å². The van der Waals surface area contributed by atoms with Gasteiger partial charge >= 0.3 is 0 Å². The van der Waals surface area contributed by atoms with E-state index in [4.69, 9.17) is 4.74 Å². The molecule has 0 radical (unpaired) electrons. The van der Waals surface area contributed by atoms with E-state index in [9.17, 15) is 12.8 Å². The van der Waals surface area contributed by atoms with E-state index in [0.29, 0.717) is 11.3 Å². The molecule has 0 unspecified atom stereocenters. The highest BCUT2D eigenvalue weighted by Crippen LogP contribution is 2.24. The molecule has 1 saturated heterocycles. The second-order valence-electron chi connectivity index (χ2n) is 6.00. The first-order chi connectivity index (χ1) is 12.5. The highest BCUT2D eigenvalue weighted by atomic mass is 32.2. The minimum Gasteiger partial charge on any atom is -0.495 e. The van der Waals surface area contributed by atoms with Crippen LogP contribution in [0.5, 0.6) is 5.75 Å². The molecular formula is C18H22FN3O3S. The van der Waals surface area contributed by atoms with Crippen LogP contribution in [0.1, 0.15) is 5.56 Å². The molecule has 2 aromatic rings. The summed E-state index contributed by atoms with van der Waals surface area (Å²) in [5.41, 5.74) is 1.10. The highest BCUT2D eigenvalue weighted by Gasteiger charge is 2.19. The van der Waals surface area contributed by atoms with Crippen LogP contribution in [0.3, 0.4) is 0 Å². The topological polar surface area (TPSA) is 70.7 Å². The van der Waals surface area contributed by atoms with Crippen LogP contribution in [0, 0.1) is 5.82 Å². The van der Waals surface area contributed by atoms with Gasteiger partial charge in [0.1, 0.15) is 16.5 Å². The van der Waals surface area contributed by atoms with Crippen LogP contribution >= 0.6 is 0 Å².